The van der Waals surface area contributed by atoms with Crippen LogP contribution < -0.4 is 10.6 Å². The van der Waals surface area contributed by atoms with Crippen molar-refractivity contribution >= 4 is 33.3 Å². The highest BCUT2D eigenvalue weighted by Crippen LogP contribution is 2.30. The van der Waals surface area contributed by atoms with Gasteiger partial charge in [-0.05, 0) is 75.2 Å². The number of likely N-dealkylation sites (tertiary alicyclic amines) is 1. The molecule has 0 saturated carbocycles. The molecule has 2 fully saturated rings. The molecule has 6 rings (SSSR count). The number of imidazole rings is 1. The molecule has 0 radical (unpaired) electrons. The molecule has 2 aromatic carbocycles. The van der Waals surface area contributed by atoms with Crippen LogP contribution in [-0.2, 0) is 0 Å². The van der Waals surface area contributed by atoms with Crippen LogP contribution in [0.1, 0.15) is 32.1 Å². The molecule has 7 nitrogen and oxygen atoms in total. The molecule has 2 saturated heterocycles. The van der Waals surface area contributed by atoms with Gasteiger partial charge in [0.25, 0.3) is 0 Å². The summed E-state index contributed by atoms with van der Waals surface area (Å²) in [5, 5.41) is 8.54. The third-order valence-electron chi connectivity index (χ3n) is 7.01. The molecule has 0 spiro atoms. The Bertz CT molecular complexity index is 1210. The van der Waals surface area contributed by atoms with E-state index >= 15 is 0 Å². The van der Waals surface area contributed by atoms with E-state index in [2.05, 4.69) is 43.2 Å². The van der Waals surface area contributed by atoms with Crippen molar-refractivity contribution in [1.82, 2.24) is 25.1 Å². The molecule has 2 aliphatic rings. The molecule has 0 unspecified atom stereocenters. The van der Waals surface area contributed by atoms with Crippen LogP contribution in [0, 0.1) is 0 Å². The van der Waals surface area contributed by atoms with Crippen LogP contribution >= 0.6 is 0 Å². The van der Waals surface area contributed by atoms with Crippen molar-refractivity contribution in [2.45, 2.75) is 38.1 Å². The number of rotatable bonds is 3. The van der Waals surface area contributed by atoms with Gasteiger partial charge in [0.05, 0.1) is 16.6 Å². The molecule has 31 heavy (non-hydrogen) atoms. The number of nitrogens with zero attached hydrogens (tertiary/aromatic N) is 4. The first-order valence-electron chi connectivity index (χ1n) is 11.5. The van der Waals surface area contributed by atoms with Crippen molar-refractivity contribution in [1.29, 1.82) is 0 Å². The van der Waals surface area contributed by atoms with Gasteiger partial charge in [0, 0.05) is 35.9 Å². The zero-order valence-electron chi connectivity index (χ0n) is 17.8. The SMILES string of the molecule is Nc1ccc2[nH]nc(-c3nc4ccc(N5CCC(N6CCCCC6)CC5)cc4[nH]3)c2c1. The van der Waals surface area contributed by atoms with E-state index in [0.717, 1.165) is 58.3 Å². The Morgan fingerprint density at radius 3 is 2.58 bits per heavy atom. The minimum Gasteiger partial charge on any atom is -0.399 e. The summed E-state index contributed by atoms with van der Waals surface area (Å²) in [5.41, 5.74) is 11.8. The van der Waals surface area contributed by atoms with E-state index in [-0.39, 0.29) is 0 Å². The third kappa shape index (κ3) is 3.43. The normalized spacial score (nSPS) is 18.9. The molecule has 4 aromatic rings. The zero-order valence-corrected chi connectivity index (χ0v) is 17.8. The van der Waals surface area contributed by atoms with Gasteiger partial charge in [0.1, 0.15) is 5.69 Å². The lowest BCUT2D eigenvalue weighted by Crippen LogP contribution is -2.46. The van der Waals surface area contributed by atoms with Crippen molar-refractivity contribution < 1.29 is 0 Å². The Balaban J connectivity index is 1.23. The molecule has 0 amide bonds. The molecule has 0 aliphatic carbocycles. The summed E-state index contributed by atoms with van der Waals surface area (Å²) in [6.07, 6.45) is 6.66. The summed E-state index contributed by atoms with van der Waals surface area (Å²) in [6, 6.07) is 13.1. The minimum absolute atomic E-state index is 0.724. The molecule has 4 N–H and O–H groups in total. The fourth-order valence-electron chi connectivity index (χ4n) is 5.29. The molecule has 4 heterocycles. The van der Waals surface area contributed by atoms with E-state index in [1.54, 1.807) is 0 Å². The predicted octanol–water partition coefficient (Wildman–Crippen LogP) is 4.14. The summed E-state index contributed by atoms with van der Waals surface area (Å²) in [7, 11) is 0. The molecule has 160 valence electrons. The molecular formula is C24H29N7. The van der Waals surface area contributed by atoms with Gasteiger partial charge in [-0.15, -0.1) is 0 Å². The molecule has 0 atom stereocenters. The smallest absolute Gasteiger partial charge is 0.159 e. The van der Waals surface area contributed by atoms with E-state index in [0.29, 0.717) is 0 Å². The maximum Gasteiger partial charge on any atom is 0.159 e. The van der Waals surface area contributed by atoms with E-state index in [1.165, 1.54) is 50.9 Å². The lowest BCUT2D eigenvalue weighted by Gasteiger charge is -2.41. The number of aromatic nitrogens is 4. The number of hydrogen-bond acceptors (Lipinski definition) is 5. The van der Waals surface area contributed by atoms with Gasteiger partial charge < -0.3 is 20.5 Å². The van der Waals surface area contributed by atoms with Gasteiger partial charge in [-0.2, -0.15) is 5.10 Å². The van der Waals surface area contributed by atoms with E-state index in [1.807, 2.05) is 18.2 Å². The van der Waals surface area contributed by atoms with Gasteiger partial charge in [-0.3, -0.25) is 5.10 Å². The molecule has 0 bridgehead atoms. The van der Waals surface area contributed by atoms with Crippen LogP contribution in [0.3, 0.4) is 0 Å². The summed E-state index contributed by atoms with van der Waals surface area (Å²) < 4.78 is 0. The van der Waals surface area contributed by atoms with Gasteiger partial charge in [-0.25, -0.2) is 4.98 Å². The maximum absolute atomic E-state index is 5.98. The monoisotopic (exact) mass is 415 g/mol. The van der Waals surface area contributed by atoms with Crippen molar-refractivity contribution in [2.24, 2.45) is 0 Å². The highest BCUT2D eigenvalue weighted by molar-refractivity contribution is 5.95. The standard InChI is InChI=1S/C24H29N7/c25-16-4-6-20-19(14-16)23(29-28-20)24-26-21-7-5-18(15-22(21)27-24)31-12-8-17(9-13-31)30-10-2-1-3-11-30/h4-7,14-15,17H,1-3,8-13,25H2,(H,26,27)(H,28,29). The Labute approximate surface area is 181 Å². The molecule has 2 aliphatic heterocycles. The summed E-state index contributed by atoms with van der Waals surface area (Å²) in [6.45, 7) is 4.83. The van der Waals surface area contributed by atoms with Gasteiger partial charge >= 0.3 is 0 Å². The van der Waals surface area contributed by atoms with Crippen molar-refractivity contribution in [3.8, 4) is 11.5 Å². The van der Waals surface area contributed by atoms with Gasteiger partial charge in [-0.1, -0.05) is 6.42 Å². The summed E-state index contributed by atoms with van der Waals surface area (Å²) in [5.74, 6) is 0.771. The number of nitrogen functional groups attached to an aromatic ring is 1. The van der Waals surface area contributed by atoms with Crippen LogP contribution in [0.15, 0.2) is 36.4 Å². The number of H-pyrrole nitrogens is 2. The quantitative estimate of drug-likeness (QED) is 0.438. The molecular weight excluding hydrogens is 386 g/mol. The highest BCUT2D eigenvalue weighted by atomic mass is 15.2. The first-order valence-corrected chi connectivity index (χ1v) is 11.5. The number of fused-ring (bicyclic) bond motifs is 2. The lowest BCUT2D eigenvalue weighted by molar-refractivity contribution is 0.141. The van der Waals surface area contributed by atoms with Crippen molar-refractivity contribution in [3.63, 3.8) is 0 Å². The largest absolute Gasteiger partial charge is 0.399 e. The second-order valence-electron chi connectivity index (χ2n) is 8.98. The number of anilines is 2. The van der Waals surface area contributed by atoms with Gasteiger partial charge in [0.15, 0.2) is 5.82 Å². The topological polar surface area (TPSA) is 89.9 Å². The second-order valence-corrected chi connectivity index (χ2v) is 8.98. The molecule has 2 aromatic heterocycles. The zero-order chi connectivity index (χ0) is 20.8. The third-order valence-corrected chi connectivity index (χ3v) is 7.01. The predicted molar refractivity (Wildman–Crippen MR) is 126 cm³/mol. The number of nitrogens with one attached hydrogen (secondary N) is 2. The Morgan fingerprint density at radius 1 is 0.903 bits per heavy atom. The van der Waals surface area contributed by atoms with Gasteiger partial charge in [0.2, 0.25) is 0 Å². The number of nitrogens with two attached hydrogens (primary N) is 1. The summed E-state index contributed by atoms with van der Waals surface area (Å²) in [4.78, 5) is 13.5. The number of hydrogen-bond donors (Lipinski definition) is 3. The van der Waals surface area contributed by atoms with Crippen molar-refractivity contribution in [2.75, 3.05) is 36.8 Å². The fraction of sp³-hybridized carbons (Fsp3) is 0.417. The maximum atomic E-state index is 5.98. The minimum atomic E-state index is 0.724. The highest BCUT2D eigenvalue weighted by Gasteiger charge is 2.26. The van der Waals surface area contributed by atoms with Crippen LogP contribution in [0.5, 0.6) is 0 Å². The Kier molecular flexibility index (Phi) is 4.56. The fourth-order valence-corrected chi connectivity index (χ4v) is 5.29. The Hall–Kier alpha value is -3.06. The average Bonchev–Trinajstić information content (AvgIpc) is 3.42. The summed E-state index contributed by atoms with van der Waals surface area (Å²) >= 11 is 0. The van der Waals surface area contributed by atoms with Crippen LogP contribution in [-0.4, -0.2) is 57.3 Å². The number of aromatic amines is 2. The van der Waals surface area contributed by atoms with E-state index in [4.69, 9.17) is 10.7 Å². The van der Waals surface area contributed by atoms with E-state index in [9.17, 15) is 0 Å². The van der Waals surface area contributed by atoms with Crippen LogP contribution in [0.4, 0.5) is 11.4 Å². The average molecular weight is 416 g/mol. The molecule has 7 heteroatoms. The number of piperidine rings is 2. The first-order chi connectivity index (χ1) is 15.2. The second kappa shape index (κ2) is 7.57. The van der Waals surface area contributed by atoms with Crippen LogP contribution in [0.2, 0.25) is 0 Å². The van der Waals surface area contributed by atoms with Crippen molar-refractivity contribution in [3.05, 3.63) is 36.4 Å². The first kappa shape index (κ1) is 18.7. The number of benzene rings is 2. The lowest BCUT2D eigenvalue weighted by atomic mass is 9.99. The van der Waals surface area contributed by atoms with E-state index < -0.39 is 0 Å². The Morgan fingerprint density at radius 2 is 1.74 bits per heavy atom. The van der Waals surface area contributed by atoms with Crippen LogP contribution in [0.25, 0.3) is 33.5 Å².